The molecule has 0 amide bonds. The first-order valence-electron chi connectivity index (χ1n) is 5.84. The van der Waals surface area contributed by atoms with Gasteiger partial charge in [-0.1, -0.05) is 18.6 Å². The minimum Gasteiger partial charge on any atom is -0.375 e. The van der Waals surface area contributed by atoms with E-state index in [2.05, 4.69) is 22.6 Å². The predicted octanol–water partition coefficient (Wildman–Crippen LogP) is 1.50. The van der Waals surface area contributed by atoms with Gasteiger partial charge in [0, 0.05) is 20.2 Å². The molecule has 1 aromatic rings. The number of aryl methyl sites for hydroxylation is 1. The van der Waals surface area contributed by atoms with Gasteiger partial charge >= 0.3 is 0 Å². The van der Waals surface area contributed by atoms with Gasteiger partial charge in [-0.2, -0.15) is 0 Å². The molecule has 0 aliphatic heterocycles. The fourth-order valence-electron chi connectivity index (χ4n) is 1.68. The molecule has 92 valence electrons. The van der Waals surface area contributed by atoms with E-state index in [-0.39, 0.29) is 6.10 Å². The summed E-state index contributed by atoms with van der Waals surface area (Å²) in [5, 5.41) is 11.5. The maximum Gasteiger partial charge on any atom is 0.102 e. The Balaban J connectivity index is 2.89. The van der Waals surface area contributed by atoms with E-state index in [4.69, 9.17) is 4.74 Å². The van der Waals surface area contributed by atoms with Crippen molar-refractivity contribution in [3.05, 3.63) is 11.4 Å². The van der Waals surface area contributed by atoms with E-state index < -0.39 is 0 Å². The first-order chi connectivity index (χ1) is 7.74. The van der Waals surface area contributed by atoms with Gasteiger partial charge in [0.1, 0.15) is 5.69 Å². The number of nitrogens with one attached hydrogen (secondary N) is 1. The van der Waals surface area contributed by atoms with Crippen LogP contribution in [0.15, 0.2) is 0 Å². The number of ether oxygens (including phenoxy) is 1. The topological polar surface area (TPSA) is 52.0 Å². The molecule has 16 heavy (non-hydrogen) atoms. The summed E-state index contributed by atoms with van der Waals surface area (Å²) in [5.74, 6) is 0. The molecule has 1 rings (SSSR count). The third-order valence-corrected chi connectivity index (χ3v) is 2.65. The van der Waals surface area contributed by atoms with Gasteiger partial charge in [-0.3, -0.25) is 0 Å². The van der Waals surface area contributed by atoms with Crippen molar-refractivity contribution in [3.63, 3.8) is 0 Å². The Morgan fingerprint density at radius 3 is 2.81 bits per heavy atom. The van der Waals surface area contributed by atoms with Crippen molar-refractivity contribution in [2.45, 2.75) is 45.9 Å². The summed E-state index contributed by atoms with van der Waals surface area (Å²) in [4.78, 5) is 0. The Labute approximate surface area is 97.2 Å². The second-order valence-electron chi connectivity index (χ2n) is 3.91. The van der Waals surface area contributed by atoms with Crippen molar-refractivity contribution in [2.75, 3.05) is 14.2 Å². The van der Waals surface area contributed by atoms with Crippen LogP contribution < -0.4 is 5.32 Å². The molecule has 1 N–H and O–H groups in total. The van der Waals surface area contributed by atoms with Gasteiger partial charge in [-0.05, 0) is 20.4 Å². The Morgan fingerprint density at radius 2 is 2.25 bits per heavy atom. The second-order valence-corrected chi connectivity index (χ2v) is 3.91. The zero-order valence-corrected chi connectivity index (χ0v) is 10.7. The third kappa shape index (κ3) is 3.02. The summed E-state index contributed by atoms with van der Waals surface area (Å²) in [7, 11) is 3.62. The van der Waals surface area contributed by atoms with Crippen molar-refractivity contribution in [1.29, 1.82) is 0 Å². The molecule has 0 saturated carbocycles. The highest BCUT2D eigenvalue weighted by Gasteiger charge is 2.17. The largest absolute Gasteiger partial charge is 0.375 e. The maximum absolute atomic E-state index is 5.37. The van der Waals surface area contributed by atoms with E-state index >= 15 is 0 Å². The van der Waals surface area contributed by atoms with Crippen LogP contribution in [0.4, 0.5) is 0 Å². The minimum atomic E-state index is 0.0372. The molecule has 1 heterocycles. The van der Waals surface area contributed by atoms with Crippen LogP contribution in [0.5, 0.6) is 0 Å². The molecular formula is C11H22N4O. The lowest BCUT2D eigenvalue weighted by atomic mass is 10.2. The van der Waals surface area contributed by atoms with Crippen molar-refractivity contribution in [3.8, 4) is 0 Å². The highest BCUT2D eigenvalue weighted by atomic mass is 16.5. The van der Waals surface area contributed by atoms with E-state index in [1.807, 2.05) is 18.7 Å². The van der Waals surface area contributed by atoms with E-state index in [0.717, 1.165) is 37.3 Å². The van der Waals surface area contributed by atoms with Crippen molar-refractivity contribution >= 4 is 0 Å². The number of methoxy groups -OCH3 is 1. The standard InChI is InChI=1S/C11H22N4O/c1-5-6-7-15-11(9(2)16-4)10(8-12-3)13-14-15/h9,12H,5-8H2,1-4H3. The molecule has 0 bridgehead atoms. The summed E-state index contributed by atoms with van der Waals surface area (Å²) >= 11 is 0. The van der Waals surface area contributed by atoms with E-state index in [9.17, 15) is 0 Å². The highest BCUT2D eigenvalue weighted by Crippen LogP contribution is 2.19. The van der Waals surface area contributed by atoms with Gasteiger partial charge < -0.3 is 10.1 Å². The number of unbranched alkanes of at least 4 members (excludes halogenated alkanes) is 1. The average molecular weight is 226 g/mol. The first kappa shape index (κ1) is 13.1. The van der Waals surface area contributed by atoms with Gasteiger partial charge in [-0.25, -0.2) is 4.68 Å². The van der Waals surface area contributed by atoms with Gasteiger partial charge in [0.15, 0.2) is 0 Å². The van der Waals surface area contributed by atoms with Crippen molar-refractivity contribution < 1.29 is 4.74 Å². The Hall–Kier alpha value is -0.940. The number of hydrogen-bond acceptors (Lipinski definition) is 4. The van der Waals surface area contributed by atoms with Crippen LogP contribution in [-0.2, 0) is 17.8 Å². The second kappa shape index (κ2) is 6.60. The molecule has 5 heteroatoms. The first-order valence-corrected chi connectivity index (χ1v) is 5.84. The van der Waals surface area contributed by atoms with E-state index in [0.29, 0.717) is 0 Å². The van der Waals surface area contributed by atoms with Gasteiger partial charge in [0.05, 0.1) is 11.8 Å². The predicted molar refractivity (Wildman–Crippen MR) is 63.1 cm³/mol. The molecule has 1 unspecified atom stereocenters. The molecular weight excluding hydrogens is 204 g/mol. The lowest BCUT2D eigenvalue weighted by Gasteiger charge is -2.13. The summed E-state index contributed by atoms with van der Waals surface area (Å²) in [6, 6.07) is 0. The van der Waals surface area contributed by atoms with Gasteiger partial charge in [-0.15, -0.1) is 5.10 Å². The quantitative estimate of drug-likeness (QED) is 0.765. The lowest BCUT2D eigenvalue weighted by molar-refractivity contribution is 0.110. The number of hydrogen-bond donors (Lipinski definition) is 1. The maximum atomic E-state index is 5.37. The van der Waals surface area contributed by atoms with Crippen molar-refractivity contribution in [2.24, 2.45) is 0 Å². The summed E-state index contributed by atoms with van der Waals surface area (Å²) in [5.41, 5.74) is 2.07. The molecule has 1 aromatic heterocycles. The molecule has 0 fully saturated rings. The molecule has 0 spiro atoms. The molecule has 0 radical (unpaired) electrons. The minimum absolute atomic E-state index is 0.0372. The molecule has 1 atom stereocenters. The summed E-state index contributed by atoms with van der Waals surface area (Å²) < 4.78 is 7.34. The Morgan fingerprint density at radius 1 is 1.50 bits per heavy atom. The van der Waals surface area contributed by atoms with Crippen LogP contribution in [0.3, 0.4) is 0 Å². The van der Waals surface area contributed by atoms with Crippen molar-refractivity contribution in [1.82, 2.24) is 20.3 Å². The third-order valence-electron chi connectivity index (χ3n) is 2.65. The fraction of sp³-hybridized carbons (Fsp3) is 0.818. The molecule has 0 aliphatic rings. The van der Waals surface area contributed by atoms with Gasteiger partial charge in [0.2, 0.25) is 0 Å². The van der Waals surface area contributed by atoms with Crippen LogP contribution in [0.25, 0.3) is 0 Å². The van der Waals surface area contributed by atoms with Crippen LogP contribution in [-0.4, -0.2) is 29.2 Å². The Kier molecular flexibility index (Phi) is 5.42. The summed E-state index contributed by atoms with van der Waals surface area (Å²) in [6.45, 7) is 5.84. The zero-order valence-electron chi connectivity index (χ0n) is 10.7. The van der Waals surface area contributed by atoms with Gasteiger partial charge in [0.25, 0.3) is 0 Å². The molecule has 0 aromatic carbocycles. The SMILES string of the molecule is CCCCn1nnc(CNC)c1C(C)OC. The average Bonchev–Trinajstić information content (AvgIpc) is 2.69. The van der Waals surface area contributed by atoms with Crippen LogP contribution in [0.1, 0.15) is 44.2 Å². The monoisotopic (exact) mass is 226 g/mol. The normalized spacial score (nSPS) is 13.0. The van der Waals surface area contributed by atoms with E-state index in [1.165, 1.54) is 0 Å². The van der Waals surface area contributed by atoms with Crippen LogP contribution >= 0.6 is 0 Å². The molecule has 0 aliphatic carbocycles. The smallest absolute Gasteiger partial charge is 0.102 e. The fourth-order valence-corrected chi connectivity index (χ4v) is 1.68. The van der Waals surface area contributed by atoms with Crippen LogP contribution in [0.2, 0.25) is 0 Å². The van der Waals surface area contributed by atoms with E-state index in [1.54, 1.807) is 7.11 Å². The Bertz CT molecular complexity index is 311. The molecule has 5 nitrogen and oxygen atoms in total. The molecule has 0 saturated heterocycles. The lowest BCUT2D eigenvalue weighted by Crippen LogP contribution is -2.13. The highest BCUT2D eigenvalue weighted by molar-refractivity contribution is 5.12. The van der Waals surface area contributed by atoms with Crippen LogP contribution in [0, 0.1) is 0 Å². The summed E-state index contributed by atoms with van der Waals surface area (Å²) in [6.07, 6.45) is 2.31. The number of nitrogens with zero attached hydrogens (tertiary/aromatic N) is 3. The number of aromatic nitrogens is 3. The number of rotatable bonds is 7. The zero-order chi connectivity index (χ0) is 12.0.